The molecule has 1 unspecified atom stereocenters. The lowest BCUT2D eigenvalue weighted by Crippen LogP contribution is -2.39. The SMILES string of the molecule is CCOC(=O)C1=C(C)N=c2sc(=Cc3ccc(-c4ccc(C(=O)O)cc4C)o3)c(=O)n2C1c1cccs1. The first-order chi connectivity index (χ1) is 17.8. The van der Waals surface area contributed by atoms with Crippen LogP contribution in [0.15, 0.2) is 73.3 Å². The van der Waals surface area contributed by atoms with Gasteiger partial charge in [0.05, 0.1) is 28.0 Å². The number of carboxylic acid groups (broad SMARTS) is 1. The van der Waals surface area contributed by atoms with Crippen molar-refractivity contribution in [2.24, 2.45) is 4.99 Å². The predicted octanol–water partition coefficient (Wildman–Crippen LogP) is 4.13. The van der Waals surface area contributed by atoms with Crippen LogP contribution in [0.1, 0.15) is 46.4 Å². The average Bonchev–Trinajstić information content (AvgIpc) is 3.60. The highest BCUT2D eigenvalue weighted by molar-refractivity contribution is 7.10. The molecule has 8 nitrogen and oxygen atoms in total. The van der Waals surface area contributed by atoms with Crippen molar-refractivity contribution < 1.29 is 23.8 Å². The van der Waals surface area contributed by atoms with Gasteiger partial charge in [0.1, 0.15) is 17.6 Å². The molecule has 1 aromatic carbocycles. The van der Waals surface area contributed by atoms with E-state index in [0.29, 0.717) is 32.1 Å². The van der Waals surface area contributed by atoms with E-state index in [2.05, 4.69) is 4.99 Å². The normalized spacial score (nSPS) is 15.4. The van der Waals surface area contributed by atoms with Crippen molar-refractivity contribution in [3.8, 4) is 11.3 Å². The van der Waals surface area contributed by atoms with Crippen LogP contribution in [0.3, 0.4) is 0 Å². The summed E-state index contributed by atoms with van der Waals surface area (Å²) in [7, 11) is 0. The fraction of sp³-hybridized carbons (Fsp3) is 0.185. The molecular weight excluding hydrogens is 512 g/mol. The van der Waals surface area contributed by atoms with E-state index in [1.807, 2.05) is 24.4 Å². The third-order valence-corrected chi connectivity index (χ3v) is 7.88. The van der Waals surface area contributed by atoms with Crippen molar-refractivity contribution in [3.63, 3.8) is 0 Å². The number of rotatable bonds is 6. The Bertz CT molecular complexity index is 1740. The zero-order chi connectivity index (χ0) is 26.3. The molecular formula is C27H22N2O6S2. The number of aromatic nitrogens is 1. The maximum absolute atomic E-state index is 13.6. The minimum atomic E-state index is -0.993. The molecule has 1 aliphatic rings. The van der Waals surface area contributed by atoms with Gasteiger partial charge in [0, 0.05) is 16.5 Å². The number of thiophene rings is 1. The van der Waals surface area contributed by atoms with Crippen LogP contribution in [0, 0.1) is 6.92 Å². The number of aromatic carboxylic acids is 1. The van der Waals surface area contributed by atoms with Crippen molar-refractivity contribution >= 4 is 40.7 Å². The second kappa shape index (κ2) is 9.79. The molecule has 0 saturated heterocycles. The van der Waals surface area contributed by atoms with Crippen molar-refractivity contribution in [2.45, 2.75) is 26.8 Å². The number of carboxylic acids is 1. The van der Waals surface area contributed by atoms with Gasteiger partial charge in [0.2, 0.25) is 0 Å². The molecule has 0 aliphatic carbocycles. The minimum absolute atomic E-state index is 0.201. The third-order valence-electron chi connectivity index (χ3n) is 5.97. The molecule has 0 bridgehead atoms. The van der Waals surface area contributed by atoms with Crippen LogP contribution < -0.4 is 14.9 Å². The van der Waals surface area contributed by atoms with Crippen molar-refractivity contribution in [3.05, 3.63) is 101 Å². The van der Waals surface area contributed by atoms with E-state index in [1.165, 1.54) is 28.7 Å². The van der Waals surface area contributed by atoms with E-state index in [9.17, 15) is 19.5 Å². The number of aryl methyl sites for hydroxylation is 1. The molecule has 0 radical (unpaired) electrons. The summed E-state index contributed by atoms with van der Waals surface area (Å²) >= 11 is 2.68. The average molecular weight is 535 g/mol. The van der Waals surface area contributed by atoms with Gasteiger partial charge in [-0.1, -0.05) is 23.5 Å². The van der Waals surface area contributed by atoms with Gasteiger partial charge >= 0.3 is 11.9 Å². The van der Waals surface area contributed by atoms with Gasteiger partial charge in [-0.05, 0) is 62.0 Å². The molecule has 4 heterocycles. The number of furan rings is 1. The van der Waals surface area contributed by atoms with E-state index in [0.717, 1.165) is 16.0 Å². The number of benzene rings is 1. The van der Waals surface area contributed by atoms with Crippen molar-refractivity contribution in [1.29, 1.82) is 0 Å². The van der Waals surface area contributed by atoms with Gasteiger partial charge < -0.3 is 14.3 Å². The van der Waals surface area contributed by atoms with Crippen LogP contribution in [-0.2, 0) is 9.53 Å². The summed E-state index contributed by atoms with van der Waals surface area (Å²) in [5.41, 5.74) is 2.31. The van der Waals surface area contributed by atoms with Gasteiger partial charge in [-0.3, -0.25) is 9.36 Å². The first-order valence-electron chi connectivity index (χ1n) is 11.5. The molecule has 0 fully saturated rings. The van der Waals surface area contributed by atoms with Gasteiger partial charge in [-0.25, -0.2) is 14.6 Å². The van der Waals surface area contributed by atoms with Crippen LogP contribution in [0.5, 0.6) is 0 Å². The molecule has 1 N–H and O–H groups in total. The molecule has 1 atom stereocenters. The first kappa shape index (κ1) is 24.7. The van der Waals surface area contributed by atoms with Crippen molar-refractivity contribution in [1.82, 2.24) is 4.57 Å². The van der Waals surface area contributed by atoms with Crippen LogP contribution >= 0.6 is 22.7 Å². The van der Waals surface area contributed by atoms with Gasteiger partial charge in [0.25, 0.3) is 5.56 Å². The van der Waals surface area contributed by atoms with Gasteiger partial charge in [0.15, 0.2) is 4.80 Å². The number of fused-ring (bicyclic) bond motifs is 1. The second-order valence-corrected chi connectivity index (χ2v) is 10.3. The Morgan fingerprint density at radius 1 is 1.22 bits per heavy atom. The Kier molecular flexibility index (Phi) is 6.53. The zero-order valence-electron chi connectivity index (χ0n) is 20.2. The number of ether oxygens (including phenoxy) is 1. The molecule has 0 amide bonds. The fourth-order valence-electron chi connectivity index (χ4n) is 4.29. The largest absolute Gasteiger partial charge is 0.478 e. The Morgan fingerprint density at radius 2 is 2.03 bits per heavy atom. The van der Waals surface area contributed by atoms with E-state index in [1.54, 1.807) is 48.8 Å². The van der Waals surface area contributed by atoms with Crippen LogP contribution in [0.4, 0.5) is 0 Å². The highest BCUT2D eigenvalue weighted by Crippen LogP contribution is 2.33. The maximum atomic E-state index is 13.6. The Labute approximate surface area is 219 Å². The number of thiazole rings is 1. The molecule has 10 heteroatoms. The molecule has 37 heavy (non-hydrogen) atoms. The van der Waals surface area contributed by atoms with E-state index in [-0.39, 0.29) is 17.7 Å². The van der Waals surface area contributed by atoms with Crippen molar-refractivity contribution in [2.75, 3.05) is 6.61 Å². The van der Waals surface area contributed by atoms with Crippen LogP contribution in [-0.4, -0.2) is 28.2 Å². The lowest BCUT2D eigenvalue weighted by molar-refractivity contribution is -0.139. The summed E-state index contributed by atoms with van der Waals surface area (Å²) in [5, 5.41) is 11.1. The molecule has 0 saturated carbocycles. The molecule has 3 aromatic heterocycles. The van der Waals surface area contributed by atoms with Gasteiger partial charge in [-0.15, -0.1) is 11.3 Å². The Morgan fingerprint density at radius 3 is 2.70 bits per heavy atom. The summed E-state index contributed by atoms with van der Waals surface area (Å²) in [6.45, 7) is 5.52. The quantitative estimate of drug-likeness (QED) is 0.373. The molecule has 5 rings (SSSR count). The number of carbonyl (C=O) groups excluding carboxylic acids is 1. The molecule has 0 spiro atoms. The standard InChI is InChI=1S/C27H22N2O6S2/c1-4-34-26(33)22-15(3)28-27-29(23(22)20-6-5-11-36-20)24(30)21(37-27)13-17-8-10-19(35-17)18-9-7-16(25(31)32)12-14(18)2/h5-13,23H,4H2,1-3H3,(H,31,32). The third kappa shape index (κ3) is 4.49. The Balaban J connectivity index is 1.59. The number of carbonyl (C=O) groups is 2. The highest BCUT2D eigenvalue weighted by atomic mass is 32.1. The highest BCUT2D eigenvalue weighted by Gasteiger charge is 2.33. The lowest BCUT2D eigenvalue weighted by atomic mass is 10.0. The van der Waals surface area contributed by atoms with E-state index < -0.39 is 18.0 Å². The zero-order valence-corrected chi connectivity index (χ0v) is 21.8. The molecule has 188 valence electrons. The van der Waals surface area contributed by atoms with Crippen LogP contribution in [0.2, 0.25) is 0 Å². The smallest absolute Gasteiger partial charge is 0.338 e. The summed E-state index contributed by atoms with van der Waals surface area (Å²) in [6, 6.07) is 11.5. The minimum Gasteiger partial charge on any atom is -0.478 e. The second-order valence-electron chi connectivity index (χ2n) is 8.35. The maximum Gasteiger partial charge on any atom is 0.338 e. The number of esters is 1. The van der Waals surface area contributed by atoms with E-state index in [4.69, 9.17) is 9.15 Å². The fourth-order valence-corrected chi connectivity index (χ4v) is 6.14. The summed E-state index contributed by atoms with van der Waals surface area (Å²) < 4.78 is 13.2. The summed E-state index contributed by atoms with van der Waals surface area (Å²) in [6.07, 6.45) is 1.66. The Hall–Kier alpha value is -4.02. The van der Waals surface area contributed by atoms with Crippen LogP contribution in [0.25, 0.3) is 17.4 Å². The first-order valence-corrected chi connectivity index (χ1v) is 13.1. The van der Waals surface area contributed by atoms with Gasteiger partial charge in [-0.2, -0.15) is 0 Å². The molecule has 4 aromatic rings. The number of hydrogen-bond donors (Lipinski definition) is 1. The topological polar surface area (TPSA) is 111 Å². The monoisotopic (exact) mass is 534 g/mol. The molecule has 1 aliphatic heterocycles. The van der Waals surface area contributed by atoms with E-state index >= 15 is 0 Å². The number of hydrogen-bond acceptors (Lipinski definition) is 8. The lowest BCUT2D eigenvalue weighted by Gasteiger charge is -2.23. The number of nitrogens with zero attached hydrogens (tertiary/aromatic N) is 2. The predicted molar refractivity (Wildman–Crippen MR) is 141 cm³/mol. The number of allylic oxidation sites excluding steroid dienone is 1. The summed E-state index contributed by atoms with van der Waals surface area (Å²) in [4.78, 5) is 43.6. The summed E-state index contributed by atoms with van der Waals surface area (Å²) in [5.74, 6) is -0.454.